The first-order valence-electron chi connectivity index (χ1n) is 5.63. The van der Waals surface area contributed by atoms with Crippen molar-refractivity contribution in [1.82, 2.24) is 4.90 Å². The standard InChI is InChI=1S/C13H15ClNO/c1-10-5-4-8-15(9-10)13(16)11-6-2-3-7-12(11)14/h2,6-7,10H,4-5,8-9H2,1H3. The van der Waals surface area contributed by atoms with Gasteiger partial charge in [-0.2, -0.15) is 0 Å². The van der Waals surface area contributed by atoms with Gasteiger partial charge in [-0.3, -0.25) is 4.79 Å². The molecule has 3 heteroatoms. The molecular weight excluding hydrogens is 222 g/mol. The Balaban J connectivity index is 2.16. The quantitative estimate of drug-likeness (QED) is 0.734. The minimum Gasteiger partial charge on any atom is -0.338 e. The Hall–Kier alpha value is -1.02. The van der Waals surface area contributed by atoms with Crippen molar-refractivity contribution < 1.29 is 4.79 Å². The number of hydrogen-bond donors (Lipinski definition) is 0. The van der Waals surface area contributed by atoms with Gasteiger partial charge in [0.2, 0.25) is 0 Å². The van der Waals surface area contributed by atoms with Crippen molar-refractivity contribution in [2.24, 2.45) is 5.92 Å². The molecule has 1 aliphatic heterocycles. The topological polar surface area (TPSA) is 20.3 Å². The largest absolute Gasteiger partial charge is 0.338 e. The first-order valence-corrected chi connectivity index (χ1v) is 6.01. The summed E-state index contributed by atoms with van der Waals surface area (Å²) in [7, 11) is 0. The molecule has 0 saturated carbocycles. The maximum absolute atomic E-state index is 12.2. The predicted molar refractivity (Wildman–Crippen MR) is 64.6 cm³/mol. The molecule has 1 aromatic rings. The Labute approximate surface area is 101 Å². The van der Waals surface area contributed by atoms with Gasteiger partial charge in [-0.25, -0.2) is 0 Å². The molecule has 85 valence electrons. The zero-order valence-electron chi connectivity index (χ0n) is 9.37. The molecule has 1 heterocycles. The van der Waals surface area contributed by atoms with Crippen LogP contribution in [0.1, 0.15) is 30.1 Å². The van der Waals surface area contributed by atoms with E-state index < -0.39 is 0 Å². The van der Waals surface area contributed by atoms with Crippen molar-refractivity contribution in [3.8, 4) is 0 Å². The van der Waals surface area contributed by atoms with Crippen LogP contribution in [0.4, 0.5) is 0 Å². The Bertz CT molecular complexity index is 391. The van der Waals surface area contributed by atoms with Gasteiger partial charge >= 0.3 is 0 Å². The number of piperidine rings is 1. The van der Waals surface area contributed by atoms with Crippen LogP contribution in [0.15, 0.2) is 18.2 Å². The minimum atomic E-state index is 0.0468. The van der Waals surface area contributed by atoms with Crippen molar-refractivity contribution in [1.29, 1.82) is 0 Å². The lowest BCUT2D eigenvalue weighted by atomic mass is 9.99. The molecule has 2 rings (SSSR count). The maximum atomic E-state index is 12.2. The molecule has 0 aromatic heterocycles. The predicted octanol–water partition coefficient (Wildman–Crippen LogP) is 3.01. The summed E-state index contributed by atoms with van der Waals surface area (Å²) in [6, 6.07) is 7.97. The number of carbonyl (C=O) groups is 1. The lowest BCUT2D eigenvalue weighted by Gasteiger charge is -2.31. The molecule has 1 radical (unpaired) electrons. The van der Waals surface area contributed by atoms with E-state index >= 15 is 0 Å². The summed E-state index contributed by atoms with van der Waals surface area (Å²) in [6.45, 7) is 3.87. The van der Waals surface area contributed by atoms with Crippen LogP contribution in [-0.2, 0) is 0 Å². The van der Waals surface area contributed by atoms with E-state index in [0.717, 1.165) is 19.5 Å². The van der Waals surface area contributed by atoms with E-state index in [1.54, 1.807) is 18.2 Å². The second kappa shape index (κ2) is 4.88. The number of benzene rings is 1. The van der Waals surface area contributed by atoms with E-state index in [0.29, 0.717) is 16.5 Å². The fraction of sp³-hybridized carbons (Fsp3) is 0.462. The Morgan fingerprint density at radius 1 is 1.62 bits per heavy atom. The molecule has 1 atom stereocenters. The molecule has 2 nitrogen and oxygen atoms in total. The third kappa shape index (κ3) is 2.38. The van der Waals surface area contributed by atoms with Gasteiger partial charge in [0.25, 0.3) is 5.91 Å². The summed E-state index contributed by atoms with van der Waals surface area (Å²) >= 11 is 6.00. The van der Waals surface area contributed by atoms with Gasteiger partial charge in [0.15, 0.2) is 0 Å². The summed E-state index contributed by atoms with van der Waals surface area (Å²) < 4.78 is 0. The Morgan fingerprint density at radius 3 is 3.12 bits per heavy atom. The molecule has 1 fully saturated rings. The summed E-state index contributed by atoms with van der Waals surface area (Å²) in [5.74, 6) is 0.636. The number of amides is 1. The second-order valence-electron chi connectivity index (χ2n) is 4.40. The summed E-state index contributed by atoms with van der Waals surface area (Å²) in [5.41, 5.74) is 0.592. The van der Waals surface area contributed by atoms with Crippen LogP contribution in [0.25, 0.3) is 0 Å². The number of likely N-dealkylation sites (tertiary alicyclic amines) is 1. The average molecular weight is 237 g/mol. The molecule has 0 aliphatic carbocycles. The fourth-order valence-corrected chi connectivity index (χ4v) is 2.33. The number of halogens is 1. The highest BCUT2D eigenvalue weighted by Gasteiger charge is 2.23. The lowest BCUT2D eigenvalue weighted by molar-refractivity contribution is 0.0683. The van der Waals surface area contributed by atoms with Gasteiger partial charge < -0.3 is 4.90 Å². The van der Waals surface area contributed by atoms with E-state index in [4.69, 9.17) is 11.6 Å². The Kier molecular flexibility index (Phi) is 3.49. The normalized spacial score (nSPS) is 20.9. The van der Waals surface area contributed by atoms with E-state index in [1.165, 1.54) is 6.42 Å². The van der Waals surface area contributed by atoms with E-state index in [2.05, 4.69) is 13.0 Å². The van der Waals surface area contributed by atoms with Gasteiger partial charge in [-0.15, -0.1) is 0 Å². The maximum Gasteiger partial charge on any atom is 0.255 e. The average Bonchev–Trinajstić information content (AvgIpc) is 2.29. The van der Waals surface area contributed by atoms with Crippen molar-refractivity contribution in [2.75, 3.05) is 13.1 Å². The van der Waals surface area contributed by atoms with Gasteiger partial charge in [-0.1, -0.05) is 24.6 Å². The van der Waals surface area contributed by atoms with Crippen molar-refractivity contribution in [3.63, 3.8) is 0 Å². The van der Waals surface area contributed by atoms with Gasteiger partial charge in [-0.05, 0) is 37.0 Å². The Morgan fingerprint density at radius 2 is 2.44 bits per heavy atom. The van der Waals surface area contributed by atoms with E-state index in [-0.39, 0.29) is 5.91 Å². The smallest absolute Gasteiger partial charge is 0.255 e. The molecule has 0 N–H and O–H groups in total. The highest BCUT2D eigenvalue weighted by Crippen LogP contribution is 2.21. The lowest BCUT2D eigenvalue weighted by Crippen LogP contribution is -2.39. The van der Waals surface area contributed by atoms with Crippen LogP contribution < -0.4 is 0 Å². The van der Waals surface area contributed by atoms with Gasteiger partial charge in [0.05, 0.1) is 10.6 Å². The van der Waals surface area contributed by atoms with Crippen LogP contribution in [0.5, 0.6) is 0 Å². The van der Waals surface area contributed by atoms with Crippen LogP contribution in [0.2, 0.25) is 5.02 Å². The molecular formula is C13H15ClNO. The molecule has 1 unspecified atom stereocenters. The summed E-state index contributed by atoms with van der Waals surface area (Å²) in [6.07, 6.45) is 2.30. The van der Waals surface area contributed by atoms with Crippen molar-refractivity contribution in [3.05, 3.63) is 34.9 Å². The highest BCUT2D eigenvalue weighted by atomic mass is 35.5. The molecule has 1 saturated heterocycles. The van der Waals surface area contributed by atoms with Crippen molar-refractivity contribution >= 4 is 17.5 Å². The highest BCUT2D eigenvalue weighted by molar-refractivity contribution is 6.33. The summed E-state index contributed by atoms with van der Waals surface area (Å²) in [4.78, 5) is 14.1. The van der Waals surface area contributed by atoms with Crippen molar-refractivity contribution in [2.45, 2.75) is 19.8 Å². The molecule has 1 aromatic carbocycles. The van der Waals surface area contributed by atoms with Crippen LogP contribution in [-0.4, -0.2) is 23.9 Å². The first-order chi connectivity index (χ1) is 7.68. The molecule has 1 amide bonds. The van der Waals surface area contributed by atoms with Crippen LogP contribution in [0.3, 0.4) is 0 Å². The third-order valence-electron chi connectivity index (χ3n) is 2.99. The number of rotatable bonds is 1. The van der Waals surface area contributed by atoms with E-state index in [9.17, 15) is 4.79 Å². The summed E-state index contributed by atoms with van der Waals surface area (Å²) in [5, 5.41) is 0.491. The SMILES string of the molecule is CC1CCCN(C(=O)c2cc[c]cc2Cl)C1. The van der Waals surface area contributed by atoms with Crippen LogP contribution >= 0.6 is 11.6 Å². The zero-order valence-corrected chi connectivity index (χ0v) is 10.1. The van der Waals surface area contributed by atoms with Gasteiger partial charge in [0.1, 0.15) is 0 Å². The molecule has 16 heavy (non-hydrogen) atoms. The molecule has 1 aliphatic rings. The molecule has 0 spiro atoms. The fourth-order valence-electron chi connectivity index (χ4n) is 2.13. The molecule has 0 bridgehead atoms. The second-order valence-corrected chi connectivity index (χ2v) is 4.81. The number of carbonyl (C=O) groups excluding carboxylic acids is 1. The number of nitrogens with zero attached hydrogens (tertiary/aromatic N) is 1. The van der Waals surface area contributed by atoms with Gasteiger partial charge in [0, 0.05) is 13.1 Å². The third-order valence-corrected chi connectivity index (χ3v) is 3.30. The van der Waals surface area contributed by atoms with Crippen LogP contribution in [0, 0.1) is 12.0 Å². The van der Waals surface area contributed by atoms with E-state index in [1.807, 2.05) is 4.90 Å². The first kappa shape index (κ1) is 11.5. The monoisotopic (exact) mass is 236 g/mol. The zero-order chi connectivity index (χ0) is 11.5. The number of hydrogen-bond acceptors (Lipinski definition) is 1. The minimum absolute atomic E-state index is 0.0468.